The molecule has 3 aromatic carbocycles. The third-order valence-corrected chi connectivity index (χ3v) is 8.06. The average molecular weight is 404 g/mol. The Balaban J connectivity index is 1.70. The van der Waals surface area contributed by atoms with Gasteiger partial charge in [0, 0.05) is 19.6 Å². The molecule has 0 N–H and O–H groups in total. The second kappa shape index (κ2) is 9.67. The lowest BCUT2D eigenvalue weighted by Crippen LogP contribution is -2.46. The van der Waals surface area contributed by atoms with Crippen LogP contribution in [0, 0.1) is 0 Å². The Kier molecular flexibility index (Phi) is 6.77. The van der Waals surface area contributed by atoms with Gasteiger partial charge in [0.25, 0.3) is 0 Å². The predicted molar refractivity (Wildman–Crippen MR) is 125 cm³/mol. The Bertz CT molecular complexity index is 859. The van der Waals surface area contributed by atoms with Gasteiger partial charge >= 0.3 is 0 Å². The molecule has 3 aromatic rings. The number of morpholine rings is 1. The molecule has 2 atom stereocenters. The van der Waals surface area contributed by atoms with Crippen molar-refractivity contribution in [2.24, 2.45) is 0 Å². The summed E-state index contributed by atoms with van der Waals surface area (Å²) in [4.78, 5) is 2.57. The summed E-state index contributed by atoms with van der Waals surface area (Å²) in [6, 6.07) is 31.0. The van der Waals surface area contributed by atoms with Crippen molar-refractivity contribution in [3.63, 3.8) is 0 Å². The fourth-order valence-electron chi connectivity index (χ4n) is 4.18. The Morgan fingerprint density at radius 2 is 1.41 bits per heavy atom. The van der Waals surface area contributed by atoms with Crippen LogP contribution in [0.2, 0.25) is 0 Å². The summed E-state index contributed by atoms with van der Waals surface area (Å²) in [5.74, 6) is 0. The molecule has 0 aliphatic carbocycles. The highest BCUT2D eigenvalue weighted by Gasteiger charge is 2.26. The van der Waals surface area contributed by atoms with Crippen LogP contribution in [0.3, 0.4) is 0 Å². The van der Waals surface area contributed by atoms with Crippen LogP contribution in [-0.4, -0.2) is 30.2 Å². The van der Waals surface area contributed by atoms with Crippen LogP contribution < -0.4 is 15.9 Å². The number of hydrogen-bond acceptors (Lipinski definition) is 2. The molecule has 2 nitrogen and oxygen atoms in total. The quantitative estimate of drug-likeness (QED) is 0.564. The zero-order valence-electron chi connectivity index (χ0n) is 17.4. The van der Waals surface area contributed by atoms with Crippen LogP contribution in [0.1, 0.15) is 25.8 Å². The minimum absolute atomic E-state index is 0.297. The van der Waals surface area contributed by atoms with Crippen LogP contribution in [0.15, 0.2) is 84.9 Å². The van der Waals surface area contributed by atoms with Crippen molar-refractivity contribution in [3.8, 4) is 0 Å². The molecule has 1 aliphatic rings. The third kappa shape index (κ3) is 4.95. The van der Waals surface area contributed by atoms with Gasteiger partial charge < -0.3 is 4.74 Å². The van der Waals surface area contributed by atoms with Crippen molar-refractivity contribution < 1.29 is 4.74 Å². The van der Waals surface area contributed by atoms with Crippen molar-refractivity contribution in [2.75, 3.05) is 13.1 Å². The van der Waals surface area contributed by atoms with Gasteiger partial charge in [-0.1, -0.05) is 91.9 Å². The van der Waals surface area contributed by atoms with Gasteiger partial charge in [-0.3, -0.25) is 4.90 Å². The van der Waals surface area contributed by atoms with E-state index in [0.29, 0.717) is 12.2 Å². The van der Waals surface area contributed by atoms with Crippen molar-refractivity contribution in [1.82, 2.24) is 4.90 Å². The molecule has 0 aromatic heterocycles. The summed E-state index contributed by atoms with van der Waals surface area (Å²) in [5.41, 5.74) is 1.44. The summed E-state index contributed by atoms with van der Waals surface area (Å²) in [7, 11) is -0.577. The summed E-state index contributed by atoms with van der Waals surface area (Å²) in [6.07, 6.45) is 1.71. The molecule has 29 heavy (non-hydrogen) atoms. The molecule has 4 rings (SSSR count). The van der Waals surface area contributed by atoms with Crippen LogP contribution >= 0.6 is 7.92 Å². The highest BCUT2D eigenvalue weighted by Crippen LogP contribution is 2.34. The Labute approximate surface area is 176 Å². The van der Waals surface area contributed by atoms with E-state index >= 15 is 0 Å². The van der Waals surface area contributed by atoms with Gasteiger partial charge in [0.2, 0.25) is 0 Å². The van der Waals surface area contributed by atoms with Crippen molar-refractivity contribution >= 4 is 23.8 Å². The van der Waals surface area contributed by atoms with E-state index < -0.39 is 7.92 Å². The highest BCUT2D eigenvalue weighted by molar-refractivity contribution is 7.79. The summed E-state index contributed by atoms with van der Waals surface area (Å²) in [6.45, 7) is 7.42. The van der Waals surface area contributed by atoms with E-state index in [1.807, 2.05) is 0 Å². The van der Waals surface area contributed by atoms with Crippen LogP contribution in [0.5, 0.6) is 0 Å². The molecule has 0 spiro atoms. The fourth-order valence-corrected chi connectivity index (χ4v) is 6.64. The van der Waals surface area contributed by atoms with E-state index in [1.54, 1.807) is 0 Å². The SMILES string of the molecule is CCC1CN(Cc2ccccc2P(c2ccccc2)c2ccccc2)C[C@@H](C)O1. The van der Waals surface area contributed by atoms with E-state index in [9.17, 15) is 0 Å². The van der Waals surface area contributed by atoms with Crippen molar-refractivity contribution in [3.05, 3.63) is 90.5 Å². The maximum absolute atomic E-state index is 6.08. The van der Waals surface area contributed by atoms with E-state index in [4.69, 9.17) is 4.74 Å². The van der Waals surface area contributed by atoms with Gasteiger partial charge in [0.1, 0.15) is 0 Å². The summed E-state index contributed by atoms with van der Waals surface area (Å²) < 4.78 is 6.08. The second-order valence-corrected chi connectivity index (χ2v) is 9.99. The summed E-state index contributed by atoms with van der Waals surface area (Å²) >= 11 is 0. The first-order valence-corrected chi connectivity index (χ1v) is 11.9. The zero-order valence-corrected chi connectivity index (χ0v) is 18.3. The van der Waals surface area contributed by atoms with Crippen molar-refractivity contribution in [1.29, 1.82) is 0 Å². The Hall–Kier alpha value is -1.99. The molecule has 0 saturated carbocycles. The molecule has 1 unspecified atom stereocenters. The van der Waals surface area contributed by atoms with Crippen LogP contribution in [0.4, 0.5) is 0 Å². The first-order chi connectivity index (χ1) is 14.2. The number of ether oxygens (including phenoxy) is 1. The van der Waals surface area contributed by atoms with Gasteiger partial charge in [-0.2, -0.15) is 0 Å². The van der Waals surface area contributed by atoms with E-state index in [-0.39, 0.29) is 0 Å². The van der Waals surface area contributed by atoms with Gasteiger partial charge in [-0.05, 0) is 42.7 Å². The maximum atomic E-state index is 6.08. The van der Waals surface area contributed by atoms with E-state index in [2.05, 4.69) is 104 Å². The molecular weight excluding hydrogens is 373 g/mol. The molecule has 1 heterocycles. The second-order valence-electron chi connectivity index (χ2n) is 7.81. The maximum Gasteiger partial charge on any atom is 0.0703 e. The third-order valence-electron chi connectivity index (χ3n) is 5.51. The monoisotopic (exact) mass is 403 g/mol. The lowest BCUT2D eigenvalue weighted by molar-refractivity contribution is -0.0800. The lowest BCUT2D eigenvalue weighted by Gasteiger charge is -2.37. The first kappa shape index (κ1) is 20.3. The van der Waals surface area contributed by atoms with E-state index in [1.165, 1.54) is 21.5 Å². The van der Waals surface area contributed by atoms with Gasteiger partial charge in [0.05, 0.1) is 12.2 Å². The van der Waals surface area contributed by atoms with Crippen molar-refractivity contribution in [2.45, 2.75) is 39.0 Å². The Morgan fingerprint density at radius 1 is 0.828 bits per heavy atom. The number of rotatable bonds is 6. The molecule has 0 radical (unpaired) electrons. The van der Waals surface area contributed by atoms with Crippen LogP contribution in [0.25, 0.3) is 0 Å². The topological polar surface area (TPSA) is 12.5 Å². The van der Waals surface area contributed by atoms with E-state index in [0.717, 1.165) is 26.1 Å². The summed E-state index contributed by atoms with van der Waals surface area (Å²) in [5, 5.41) is 4.28. The average Bonchev–Trinajstić information content (AvgIpc) is 2.76. The molecular formula is C26H30NOP. The lowest BCUT2D eigenvalue weighted by atomic mass is 10.1. The molecule has 3 heteroatoms. The minimum atomic E-state index is -0.577. The molecule has 1 saturated heterocycles. The normalized spacial score (nSPS) is 20.1. The number of nitrogens with zero attached hydrogens (tertiary/aromatic N) is 1. The Morgan fingerprint density at radius 3 is 2.03 bits per heavy atom. The molecule has 1 fully saturated rings. The van der Waals surface area contributed by atoms with Gasteiger partial charge in [0.15, 0.2) is 0 Å². The molecule has 150 valence electrons. The molecule has 0 bridgehead atoms. The van der Waals surface area contributed by atoms with Crippen LogP contribution in [-0.2, 0) is 11.3 Å². The standard InChI is InChI=1S/C26H30NOP/c1-3-23-20-27(18-21(2)28-23)19-22-12-10-11-17-26(22)29(24-13-6-4-7-14-24)25-15-8-5-9-16-25/h4-17,21,23H,3,18-20H2,1-2H3/t21-,23?/m1/s1. The fraction of sp³-hybridized carbons (Fsp3) is 0.308. The minimum Gasteiger partial charge on any atom is -0.373 e. The van der Waals surface area contributed by atoms with Gasteiger partial charge in [-0.15, -0.1) is 0 Å². The number of hydrogen-bond donors (Lipinski definition) is 0. The molecule has 1 aliphatic heterocycles. The van der Waals surface area contributed by atoms with Gasteiger partial charge in [-0.25, -0.2) is 0 Å². The zero-order chi connectivity index (χ0) is 20.1. The largest absolute Gasteiger partial charge is 0.373 e. The highest BCUT2D eigenvalue weighted by atomic mass is 31.1. The predicted octanol–water partition coefficient (Wildman–Crippen LogP) is 4.44. The molecule has 0 amide bonds. The number of benzene rings is 3. The first-order valence-electron chi connectivity index (χ1n) is 10.6. The smallest absolute Gasteiger partial charge is 0.0703 e.